The first-order valence-corrected chi connectivity index (χ1v) is 6.76. The lowest BCUT2D eigenvalue weighted by molar-refractivity contribution is 0.482. The Balaban J connectivity index is 2.46. The van der Waals surface area contributed by atoms with Gasteiger partial charge in [0.25, 0.3) is 5.56 Å². The average molecular weight is 298 g/mol. The van der Waals surface area contributed by atoms with Crippen LogP contribution >= 0.6 is 11.6 Å². The normalized spacial score (nSPS) is 10.7. The van der Waals surface area contributed by atoms with E-state index in [1.807, 2.05) is 18.2 Å². The molecule has 0 radical (unpaired) electrons. The molecule has 3 rings (SSSR count). The summed E-state index contributed by atoms with van der Waals surface area (Å²) in [7, 11) is 0. The van der Waals surface area contributed by atoms with Crippen molar-refractivity contribution in [2.24, 2.45) is 0 Å². The van der Waals surface area contributed by atoms with E-state index in [1.165, 1.54) is 0 Å². The van der Waals surface area contributed by atoms with E-state index in [0.717, 1.165) is 0 Å². The molecule has 3 nitrogen and oxygen atoms in total. The van der Waals surface area contributed by atoms with E-state index in [9.17, 15) is 9.90 Å². The van der Waals surface area contributed by atoms with E-state index in [4.69, 9.17) is 11.6 Å². The average Bonchev–Trinajstić information content (AvgIpc) is 2.47. The van der Waals surface area contributed by atoms with Gasteiger partial charge >= 0.3 is 0 Å². The molecule has 104 valence electrons. The van der Waals surface area contributed by atoms with E-state index >= 15 is 0 Å². The zero-order chi connectivity index (χ0) is 15.0. The van der Waals surface area contributed by atoms with Crippen LogP contribution in [-0.2, 0) is 0 Å². The van der Waals surface area contributed by atoms with Gasteiger partial charge in [-0.1, -0.05) is 54.6 Å². The van der Waals surface area contributed by atoms with Gasteiger partial charge < -0.3 is 10.1 Å². The fraction of sp³-hybridized carbons (Fsp3) is 0. The van der Waals surface area contributed by atoms with Crippen molar-refractivity contribution < 1.29 is 5.11 Å². The second kappa shape index (κ2) is 5.11. The number of H-pyrrole nitrogens is 1. The number of fused-ring (bicyclic) bond motifs is 1. The molecular weight excluding hydrogens is 286 g/mol. The summed E-state index contributed by atoms with van der Waals surface area (Å²) in [6.07, 6.45) is 1.60. The number of aromatic nitrogens is 1. The maximum atomic E-state index is 12.3. The Morgan fingerprint density at radius 3 is 2.57 bits per heavy atom. The number of hydrogen-bond donors (Lipinski definition) is 2. The molecule has 3 aromatic rings. The fourth-order valence-corrected chi connectivity index (χ4v) is 2.67. The number of benzene rings is 2. The Kier molecular flexibility index (Phi) is 3.28. The van der Waals surface area contributed by atoms with E-state index in [1.54, 1.807) is 30.3 Å². The fourth-order valence-electron chi connectivity index (χ4n) is 2.44. The molecule has 0 spiro atoms. The highest BCUT2D eigenvalue weighted by molar-refractivity contribution is 6.31. The molecule has 0 aliphatic carbocycles. The molecule has 0 atom stereocenters. The van der Waals surface area contributed by atoms with Crippen molar-refractivity contribution in [2.45, 2.75) is 0 Å². The van der Waals surface area contributed by atoms with Crippen LogP contribution in [0.2, 0.25) is 5.02 Å². The summed E-state index contributed by atoms with van der Waals surface area (Å²) in [5.74, 6) is -0.0634. The van der Waals surface area contributed by atoms with Gasteiger partial charge in [-0.05, 0) is 23.3 Å². The first kappa shape index (κ1) is 13.5. The molecule has 0 saturated carbocycles. The van der Waals surface area contributed by atoms with Gasteiger partial charge in [0.1, 0.15) is 5.75 Å². The van der Waals surface area contributed by atoms with E-state index in [-0.39, 0.29) is 16.9 Å². The smallest absolute Gasteiger partial charge is 0.260 e. The van der Waals surface area contributed by atoms with Crippen LogP contribution in [0.4, 0.5) is 0 Å². The molecule has 2 aromatic carbocycles. The van der Waals surface area contributed by atoms with E-state index in [0.29, 0.717) is 27.1 Å². The summed E-state index contributed by atoms with van der Waals surface area (Å²) >= 11 is 6.01. The predicted octanol–water partition coefficient (Wildman–Crippen LogP) is 4.20. The quantitative estimate of drug-likeness (QED) is 0.745. The van der Waals surface area contributed by atoms with Crippen molar-refractivity contribution in [3.63, 3.8) is 0 Å². The van der Waals surface area contributed by atoms with Crippen LogP contribution in [0.15, 0.2) is 53.8 Å². The SMILES string of the molecule is C=Cc1cc(Cl)cc2[nH]c(=O)c(-c3ccccc3)c(O)c12. The summed E-state index contributed by atoms with van der Waals surface area (Å²) in [6.45, 7) is 3.73. The van der Waals surface area contributed by atoms with Gasteiger partial charge in [-0.25, -0.2) is 0 Å². The number of aromatic amines is 1. The zero-order valence-electron chi connectivity index (χ0n) is 11.1. The van der Waals surface area contributed by atoms with E-state index < -0.39 is 0 Å². The Morgan fingerprint density at radius 2 is 1.90 bits per heavy atom. The zero-order valence-corrected chi connectivity index (χ0v) is 11.8. The third kappa shape index (κ3) is 2.22. The largest absolute Gasteiger partial charge is 0.506 e. The Bertz CT molecular complexity index is 898. The monoisotopic (exact) mass is 297 g/mol. The van der Waals surface area contributed by atoms with Crippen molar-refractivity contribution in [3.8, 4) is 16.9 Å². The van der Waals surface area contributed by atoms with Crippen molar-refractivity contribution >= 4 is 28.6 Å². The number of nitrogens with one attached hydrogen (secondary N) is 1. The first-order chi connectivity index (χ1) is 10.1. The lowest BCUT2D eigenvalue weighted by atomic mass is 10.0. The van der Waals surface area contributed by atoms with Gasteiger partial charge in [-0.2, -0.15) is 0 Å². The van der Waals surface area contributed by atoms with Crippen LogP contribution in [-0.4, -0.2) is 10.1 Å². The minimum atomic E-state index is -0.358. The summed E-state index contributed by atoms with van der Waals surface area (Å²) in [5, 5.41) is 11.6. The molecule has 0 bridgehead atoms. The van der Waals surface area contributed by atoms with Crippen molar-refractivity contribution in [1.29, 1.82) is 0 Å². The standard InChI is InChI=1S/C17H12ClNO2/c1-2-10-8-12(18)9-13-14(10)16(20)15(17(21)19-13)11-6-4-3-5-7-11/h2-9H,1H2,(H2,19,20,21). The van der Waals surface area contributed by atoms with E-state index in [2.05, 4.69) is 11.6 Å². The summed E-state index contributed by atoms with van der Waals surface area (Å²) in [4.78, 5) is 15.0. The van der Waals surface area contributed by atoms with Crippen molar-refractivity contribution in [2.75, 3.05) is 0 Å². The molecular formula is C17H12ClNO2. The second-order valence-electron chi connectivity index (χ2n) is 4.67. The maximum Gasteiger partial charge on any atom is 0.260 e. The molecule has 0 unspecified atom stereocenters. The van der Waals surface area contributed by atoms with Gasteiger partial charge in [0.15, 0.2) is 0 Å². The lowest BCUT2D eigenvalue weighted by Crippen LogP contribution is -2.09. The topological polar surface area (TPSA) is 53.1 Å². The Labute approximate surface area is 126 Å². The second-order valence-corrected chi connectivity index (χ2v) is 5.10. The number of aromatic hydroxyl groups is 1. The minimum absolute atomic E-state index is 0.0634. The van der Waals surface area contributed by atoms with Gasteiger partial charge in [-0.15, -0.1) is 0 Å². The molecule has 0 saturated heterocycles. The van der Waals surface area contributed by atoms with Crippen LogP contribution in [0.1, 0.15) is 5.56 Å². The van der Waals surface area contributed by atoms with Crippen LogP contribution in [0, 0.1) is 0 Å². The number of halogens is 1. The van der Waals surface area contributed by atoms with Crippen LogP contribution in [0.5, 0.6) is 5.75 Å². The van der Waals surface area contributed by atoms with Crippen molar-refractivity contribution in [3.05, 3.63) is 70.0 Å². The van der Waals surface area contributed by atoms with Gasteiger partial charge in [0, 0.05) is 10.4 Å². The van der Waals surface area contributed by atoms with Gasteiger partial charge in [0.05, 0.1) is 11.1 Å². The number of pyridine rings is 1. The third-order valence-electron chi connectivity index (χ3n) is 3.36. The molecule has 2 N–H and O–H groups in total. The summed E-state index contributed by atoms with van der Waals surface area (Å²) < 4.78 is 0. The van der Waals surface area contributed by atoms with Crippen molar-refractivity contribution in [1.82, 2.24) is 4.98 Å². The third-order valence-corrected chi connectivity index (χ3v) is 3.58. The van der Waals surface area contributed by atoms with Crippen LogP contribution in [0.25, 0.3) is 28.1 Å². The molecule has 0 aliphatic heterocycles. The molecule has 4 heteroatoms. The summed E-state index contributed by atoms with van der Waals surface area (Å²) in [6, 6.07) is 12.3. The van der Waals surface area contributed by atoms with Gasteiger partial charge in [-0.3, -0.25) is 4.79 Å². The molecule has 0 aliphatic rings. The molecule has 1 heterocycles. The molecule has 21 heavy (non-hydrogen) atoms. The predicted molar refractivity (Wildman–Crippen MR) is 86.8 cm³/mol. The lowest BCUT2D eigenvalue weighted by Gasteiger charge is -2.10. The Hall–Kier alpha value is -2.52. The first-order valence-electron chi connectivity index (χ1n) is 6.38. The minimum Gasteiger partial charge on any atom is -0.506 e. The summed E-state index contributed by atoms with van der Waals surface area (Å²) in [5.41, 5.74) is 1.70. The Morgan fingerprint density at radius 1 is 1.19 bits per heavy atom. The molecule has 0 amide bonds. The highest BCUT2D eigenvalue weighted by Crippen LogP contribution is 2.35. The van der Waals surface area contributed by atoms with Crippen LogP contribution in [0.3, 0.4) is 0 Å². The number of rotatable bonds is 2. The molecule has 1 aromatic heterocycles. The van der Waals surface area contributed by atoms with Gasteiger partial charge in [0.2, 0.25) is 0 Å². The highest BCUT2D eigenvalue weighted by Gasteiger charge is 2.16. The van der Waals surface area contributed by atoms with Crippen LogP contribution < -0.4 is 5.56 Å². The molecule has 0 fully saturated rings. The highest BCUT2D eigenvalue weighted by atomic mass is 35.5. The maximum absolute atomic E-state index is 12.3. The number of hydrogen-bond acceptors (Lipinski definition) is 2.